The zero-order chi connectivity index (χ0) is 27.9. The number of benzene rings is 3. The summed E-state index contributed by atoms with van der Waals surface area (Å²) in [6.07, 6.45) is 9.19. The fourth-order valence-electron chi connectivity index (χ4n) is 5.56. The van der Waals surface area contributed by atoms with E-state index in [1.54, 1.807) is 6.20 Å². The van der Waals surface area contributed by atoms with Crippen molar-refractivity contribution < 1.29 is 0 Å². The molecule has 5 aromatic heterocycles. The van der Waals surface area contributed by atoms with Crippen LogP contribution in [0.5, 0.6) is 0 Å². The van der Waals surface area contributed by atoms with E-state index in [1.165, 1.54) is 0 Å². The highest BCUT2D eigenvalue weighted by Gasteiger charge is 2.16. The van der Waals surface area contributed by atoms with Gasteiger partial charge in [-0.15, -0.1) is 0 Å². The number of nitrogens with zero attached hydrogens (tertiary/aromatic N) is 6. The van der Waals surface area contributed by atoms with E-state index < -0.39 is 0 Å². The van der Waals surface area contributed by atoms with Crippen molar-refractivity contribution in [3.63, 3.8) is 0 Å². The van der Waals surface area contributed by atoms with Crippen LogP contribution in [0.15, 0.2) is 134 Å². The molecule has 8 rings (SSSR count). The molecule has 196 valence electrons. The van der Waals surface area contributed by atoms with E-state index >= 15 is 0 Å². The Bertz CT molecular complexity index is 2260. The predicted octanol–water partition coefficient (Wildman–Crippen LogP) is 8.18. The van der Waals surface area contributed by atoms with Crippen molar-refractivity contribution in [2.45, 2.75) is 0 Å². The minimum absolute atomic E-state index is 0.827. The van der Waals surface area contributed by atoms with Crippen LogP contribution < -0.4 is 0 Å². The summed E-state index contributed by atoms with van der Waals surface area (Å²) in [5, 5.41) is 11.5. The first-order chi connectivity index (χ1) is 20.8. The second-order valence-corrected chi connectivity index (χ2v) is 10.1. The molecule has 0 N–H and O–H groups in total. The molecule has 0 aliphatic rings. The second-order valence-electron chi connectivity index (χ2n) is 10.1. The highest BCUT2D eigenvalue weighted by atomic mass is 15.1. The molecule has 0 spiro atoms. The first-order valence-corrected chi connectivity index (χ1v) is 13.7. The van der Waals surface area contributed by atoms with E-state index in [0.717, 1.165) is 77.5 Å². The van der Waals surface area contributed by atoms with Gasteiger partial charge < -0.3 is 0 Å². The number of fused-ring (bicyclic) bond motifs is 4. The van der Waals surface area contributed by atoms with E-state index in [9.17, 15) is 0 Å². The molecule has 0 aliphatic carbocycles. The summed E-state index contributed by atoms with van der Waals surface area (Å²) < 4.78 is 0. The highest BCUT2D eigenvalue weighted by Crippen LogP contribution is 2.38. The summed E-state index contributed by atoms with van der Waals surface area (Å²) >= 11 is 0. The smallest absolute Gasteiger partial charge is 0.0964 e. The lowest BCUT2D eigenvalue weighted by Crippen LogP contribution is -1.95. The van der Waals surface area contributed by atoms with Gasteiger partial charge in [-0.3, -0.25) is 19.9 Å². The average Bonchev–Trinajstić information content (AvgIpc) is 3.08. The van der Waals surface area contributed by atoms with Gasteiger partial charge in [0.2, 0.25) is 0 Å². The minimum atomic E-state index is 0.827. The van der Waals surface area contributed by atoms with Crippen LogP contribution in [0.25, 0.3) is 77.5 Å². The molecule has 0 fully saturated rings. The summed E-state index contributed by atoms with van der Waals surface area (Å²) in [5.74, 6) is 0. The first-order valence-electron chi connectivity index (χ1n) is 13.7. The number of rotatable bonds is 4. The van der Waals surface area contributed by atoms with Crippen LogP contribution in [0.3, 0.4) is 0 Å². The Balaban J connectivity index is 1.34. The average molecular weight is 539 g/mol. The van der Waals surface area contributed by atoms with E-state index in [-0.39, 0.29) is 0 Å². The second kappa shape index (κ2) is 9.94. The van der Waals surface area contributed by atoms with Crippen LogP contribution in [0.1, 0.15) is 0 Å². The molecule has 0 radical (unpaired) electrons. The van der Waals surface area contributed by atoms with Crippen molar-refractivity contribution in [1.29, 1.82) is 0 Å². The lowest BCUT2D eigenvalue weighted by atomic mass is 9.93. The molecular weight excluding hydrogens is 516 g/mol. The van der Waals surface area contributed by atoms with Crippen LogP contribution in [0, 0.1) is 0 Å². The third kappa shape index (κ3) is 4.14. The Labute approximate surface area is 241 Å². The maximum atomic E-state index is 5.08. The van der Waals surface area contributed by atoms with E-state index in [4.69, 9.17) is 9.97 Å². The Kier molecular flexibility index (Phi) is 5.67. The number of aromatic nitrogens is 6. The molecule has 0 saturated heterocycles. The van der Waals surface area contributed by atoms with Crippen LogP contribution in [0.4, 0.5) is 0 Å². The molecule has 0 saturated carbocycles. The molecule has 6 nitrogen and oxygen atoms in total. The van der Waals surface area contributed by atoms with E-state index in [1.807, 2.05) is 67.3 Å². The topological polar surface area (TPSA) is 77.3 Å². The quantitative estimate of drug-likeness (QED) is 0.210. The van der Waals surface area contributed by atoms with Gasteiger partial charge in [0.15, 0.2) is 0 Å². The van der Waals surface area contributed by atoms with Gasteiger partial charge in [0, 0.05) is 68.8 Å². The number of hydrogen-bond acceptors (Lipinski definition) is 6. The Morgan fingerprint density at radius 2 is 1.29 bits per heavy atom. The maximum Gasteiger partial charge on any atom is 0.0964 e. The molecule has 0 unspecified atom stereocenters. The molecule has 0 bridgehead atoms. The molecule has 6 heteroatoms. The summed E-state index contributed by atoms with van der Waals surface area (Å²) in [6.45, 7) is 0. The molecule has 5 heterocycles. The van der Waals surface area contributed by atoms with Gasteiger partial charge in [0.1, 0.15) is 0 Å². The molecule has 3 aromatic carbocycles. The zero-order valence-electron chi connectivity index (χ0n) is 22.4. The van der Waals surface area contributed by atoms with Gasteiger partial charge in [-0.05, 0) is 54.1 Å². The lowest BCUT2D eigenvalue weighted by molar-refractivity contribution is 1.08. The van der Waals surface area contributed by atoms with Gasteiger partial charge in [-0.1, -0.05) is 54.6 Å². The summed E-state index contributed by atoms with van der Waals surface area (Å²) in [7, 11) is 0. The molecule has 8 aromatic rings. The van der Waals surface area contributed by atoms with E-state index in [2.05, 4.69) is 80.8 Å². The normalized spacial score (nSPS) is 11.3. The minimum Gasteiger partial charge on any atom is -0.256 e. The third-order valence-electron chi connectivity index (χ3n) is 7.59. The lowest BCUT2D eigenvalue weighted by Gasteiger charge is -2.14. The fraction of sp³-hybridized carbons (Fsp3) is 0. The Morgan fingerprint density at radius 3 is 2.24 bits per heavy atom. The number of pyridine rings is 4. The SMILES string of the molecule is c1ccc(-c2cccc(-c3cc(-c4cnc5c(ccc6cccnc65)c4)cnc3-c3cccc4nnccc34)c2)nc1. The zero-order valence-corrected chi connectivity index (χ0v) is 22.4. The Hall–Kier alpha value is -5.88. The largest absolute Gasteiger partial charge is 0.256 e. The molecule has 0 atom stereocenters. The summed E-state index contributed by atoms with van der Waals surface area (Å²) in [5.41, 5.74) is 10.5. The number of hydrogen-bond donors (Lipinski definition) is 0. The summed E-state index contributed by atoms with van der Waals surface area (Å²) in [6, 6.07) is 35.0. The molecular formula is C36H22N6. The van der Waals surface area contributed by atoms with Crippen molar-refractivity contribution >= 4 is 32.7 Å². The van der Waals surface area contributed by atoms with Crippen molar-refractivity contribution in [2.75, 3.05) is 0 Å². The molecule has 0 amide bonds. The van der Waals surface area contributed by atoms with Gasteiger partial charge in [-0.25, -0.2) is 0 Å². The fourth-order valence-corrected chi connectivity index (χ4v) is 5.56. The van der Waals surface area contributed by atoms with Crippen molar-refractivity contribution in [2.24, 2.45) is 0 Å². The Morgan fingerprint density at radius 1 is 0.452 bits per heavy atom. The van der Waals surface area contributed by atoms with Gasteiger partial charge in [0.25, 0.3) is 0 Å². The standard InChI is InChI=1S/C36H22N6/c1-2-15-37-32(10-1)25-7-3-6-24(18-25)31-20-28(22-40-36(31)30-9-4-11-33-29(30)14-17-41-42-33)27-19-26-13-12-23-8-5-16-38-34(23)35(26)39-21-27/h1-22H. The highest BCUT2D eigenvalue weighted by molar-refractivity contribution is 6.04. The van der Waals surface area contributed by atoms with Crippen molar-refractivity contribution in [1.82, 2.24) is 30.1 Å². The third-order valence-corrected chi connectivity index (χ3v) is 7.59. The molecule has 0 aliphatic heterocycles. The maximum absolute atomic E-state index is 5.08. The van der Waals surface area contributed by atoms with Crippen molar-refractivity contribution in [3.8, 4) is 44.8 Å². The van der Waals surface area contributed by atoms with Gasteiger partial charge in [-0.2, -0.15) is 10.2 Å². The molecule has 42 heavy (non-hydrogen) atoms. The summed E-state index contributed by atoms with van der Waals surface area (Å²) in [4.78, 5) is 19.1. The van der Waals surface area contributed by atoms with Gasteiger partial charge >= 0.3 is 0 Å². The predicted molar refractivity (Wildman–Crippen MR) is 167 cm³/mol. The van der Waals surface area contributed by atoms with Crippen LogP contribution in [-0.4, -0.2) is 30.1 Å². The first kappa shape index (κ1) is 24.0. The van der Waals surface area contributed by atoms with Crippen LogP contribution in [-0.2, 0) is 0 Å². The van der Waals surface area contributed by atoms with Gasteiger partial charge in [0.05, 0.1) is 34.1 Å². The van der Waals surface area contributed by atoms with Crippen LogP contribution in [0.2, 0.25) is 0 Å². The van der Waals surface area contributed by atoms with E-state index in [0.29, 0.717) is 0 Å². The van der Waals surface area contributed by atoms with Crippen molar-refractivity contribution in [3.05, 3.63) is 134 Å². The van der Waals surface area contributed by atoms with Crippen LogP contribution >= 0.6 is 0 Å². The monoisotopic (exact) mass is 538 g/mol.